The van der Waals surface area contributed by atoms with Crippen LogP contribution in [0.4, 0.5) is 0 Å². The largest absolute Gasteiger partial charge is 0.508 e. The number of pyridine rings is 1. The molecule has 4 rings (SSSR count). The van der Waals surface area contributed by atoms with E-state index < -0.39 is 42.0 Å². The normalized spacial score (nSPS) is 18.3. The second kappa shape index (κ2) is 12.5. The number of rotatable bonds is 9. The van der Waals surface area contributed by atoms with Crippen molar-refractivity contribution in [1.82, 2.24) is 20.5 Å². The average molecular weight is 532 g/mol. The molecule has 0 aliphatic carbocycles. The lowest BCUT2D eigenvalue weighted by Crippen LogP contribution is -2.56. The van der Waals surface area contributed by atoms with Gasteiger partial charge in [0.2, 0.25) is 5.91 Å². The molecule has 2 aromatic carbocycles. The van der Waals surface area contributed by atoms with Gasteiger partial charge in [-0.05, 0) is 49.6 Å². The first-order chi connectivity index (χ1) is 18.7. The van der Waals surface area contributed by atoms with Crippen LogP contribution < -0.4 is 16.4 Å². The summed E-state index contributed by atoms with van der Waals surface area (Å²) in [4.78, 5) is 45.3. The standard InChI is InChI=1S/C29H33N5O5/c1-18-22(11-7-12-25(18)35)27(37)33-23(14-19-8-3-2-4-9-19)26(36)29(39)34-17-20(30)15-24(34)28(38)32-16-21-10-5-6-13-31-21/h2-13,20,23-24,26,35-36H,14-17,30H2,1H3,(H,32,38)(H,33,37)/t20-,23+,24+,26+/m1/s1. The summed E-state index contributed by atoms with van der Waals surface area (Å²) in [6.45, 7) is 1.89. The Bertz CT molecular complexity index is 1300. The van der Waals surface area contributed by atoms with E-state index in [-0.39, 0.29) is 37.2 Å². The number of amides is 3. The molecule has 10 heteroatoms. The first-order valence-electron chi connectivity index (χ1n) is 12.8. The third-order valence-corrected chi connectivity index (χ3v) is 6.89. The van der Waals surface area contributed by atoms with Crippen LogP contribution in [-0.4, -0.2) is 68.6 Å². The molecular weight excluding hydrogens is 498 g/mol. The number of hydrogen-bond acceptors (Lipinski definition) is 7. The summed E-state index contributed by atoms with van der Waals surface area (Å²) in [6, 6.07) is 16.8. The SMILES string of the molecule is Cc1c(O)cccc1C(=O)N[C@@H](Cc1ccccc1)[C@H](O)C(=O)N1C[C@H](N)C[C@H]1C(=O)NCc1ccccn1. The van der Waals surface area contributed by atoms with Crippen LogP contribution in [0.1, 0.15) is 33.6 Å². The summed E-state index contributed by atoms with van der Waals surface area (Å²) < 4.78 is 0. The first-order valence-corrected chi connectivity index (χ1v) is 12.8. The molecule has 1 fully saturated rings. The highest BCUT2D eigenvalue weighted by atomic mass is 16.3. The van der Waals surface area contributed by atoms with Crippen molar-refractivity contribution in [2.24, 2.45) is 5.73 Å². The molecule has 0 spiro atoms. The fraction of sp³-hybridized carbons (Fsp3) is 0.310. The van der Waals surface area contributed by atoms with Gasteiger partial charge in [-0.3, -0.25) is 19.4 Å². The molecular formula is C29H33N5O5. The number of carbonyl (C=O) groups excluding carboxylic acids is 3. The number of nitrogens with two attached hydrogens (primary N) is 1. The second-order valence-electron chi connectivity index (χ2n) is 9.71. The quantitative estimate of drug-likeness (QED) is 0.276. The van der Waals surface area contributed by atoms with Gasteiger partial charge in [-0.25, -0.2) is 0 Å². The number of aliphatic hydroxyl groups is 1. The Labute approximate surface area is 226 Å². The summed E-state index contributed by atoms with van der Waals surface area (Å²) >= 11 is 0. The van der Waals surface area contributed by atoms with Crippen LogP contribution >= 0.6 is 0 Å². The Kier molecular flexibility index (Phi) is 8.90. The van der Waals surface area contributed by atoms with Gasteiger partial charge >= 0.3 is 0 Å². The highest BCUT2D eigenvalue weighted by Gasteiger charge is 2.42. The molecule has 1 aromatic heterocycles. The molecule has 3 amide bonds. The van der Waals surface area contributed by atoms with Crippen molar-refractivity contribution in [3.8, 4) is 5.75 Å². The third kappa shape index (κ3) is 6.78. The zero-order valence-electron chi connectivity index (χ0n) is 21.7. The highest BCUT2D eigenvalue weighted by Crippen LogP contribution is 2.22. The zero-order valence-corrected chi connectivity index (χ0v) is 21.7. The van der Waals surface area contributed by atoms with Crippen molar-refractivity contribution in [3.05, 3.63) is 95.3 Å². The van der Waals surface area contributed by atoms with Crippen molar-refractivity contribution < 1.29 is 24.6 Å². The van der Waals surface area contributed by atoms with Gasteiger partial charge in [0.25, 0.3) is 11.8 Å². The van der Waals surface area contributed by atoms with E-state index in [0.29, 0.717) is 11.3 Å². The van der Waals surface area contributed by atoms with Gasteiger partial charge in [0.05, 0.1) is 18.3 Å². The maximum Gasteiger partial charge on any atom is 0.254 e. The first kappa shape index (κ1) is 27.7. The van der Waals surface area contributed by atoms with Crippen molar-refractivity contribution in [1.29, 1.82) is 0 Å². The lowest BCUT2D eigenvalue weighted by Gasteiger charge is -2.30. The second-order valence-corrected chi connectivity index (χ2v) is 9.71. The number of aromatic hydroxyl groups is 1. The lowest BCUT2D eigenvalue weighted by molar-refractivity contribution is -0.146. The Balaban J connectivity index is 1.52. The van der Waals surface area contributed by atoms with E-state index in [0.717, 1.165) is 5.56 Å². The van der Waals surface area contributed by atoms with Crippen LogP contribution in [0.3, 0.4) is 0 Å². The van der Waals surface area contributed by atoms with Gasteiger partial charge in [-0.15, -0.1) is 0 Å². The minimum Gasteiger partial charge on any atom is -0.508 e. The molecule has 6 N–H and O–H groups in total. The van der Waals surface area contributed by atoms with Crippen molar-refractivity contribution >= 4 is 17.7 Å². The molecule has 204 valence electrons. The van der Waals surface area contributed by atoms with E-state index in [4.69, 9.17) is 5.73 Å². The van der Waals surface area contributed by atoms with Crippen LogP contribution in [0.2, 0.25) is 0 Å². The number of benzene rings is 2. The topological polar surface area (TPSA) is 158 Å². The van der Waals surface area contributed by atoms with Crippen molar-refractivity contribution in [2.75, 3.05) is 6.54 Å². The number of phenols is 1. The molecule has 2 heterocycles. The van der Waals surface area contributed by atoms with E-state index in [2.05, 4.69) is 15.6 Å². The van der Waals surface area contributed by atoms with E-state index in [1.54, 1.807) is 37.4 Å². The van der Waals surface area contributed by atoms with Gasteiger partial charge in [0.1, 0.15) is 11.8 Å². The predicted molar refractivity (Wildman–Crippen MR) is 144 cm³/mol. The number of aliphatic hydroxyl groups excluding tert-OH is 1. The molecule has 1 saturated heterocycles. The van der Waals surface area contributed by atoms with E-state index in [1.165, 1.54) is 11.0 Å². The maximum absolute atomic E-state index is 13.6. The zero-order chi connectivity index (χ0) is 27.9. The summed E-state index contributed by atoms with van der Waals surface area (Å²) in [6.07, 6.45) is 0.375. The maximum atomic E-state index is 13.6. The van der Waals surface area contributed by atoms with Crippen LogP contribution in [0, 0.1) is 6.92 Å². The van der Waals surface area contributed by atoms with Crippen LogP contribution in [0.25, 0.3) is 0 Å². The Morgan fingerprint density at radius 3 is 2.54 bits per heavy atom. The monoisotopic (exact) mass is 531 g/mol. The Hall–Kier alpha value is -4.28. The fourth-order valence-electron chi connectivity index (χ4n) is 4.73. The molecule has 0 unspecified atom stereocenters. The molecule has 0 saturated carbocycles. The number of likely N-dealkylation sites (tertiary alicyclic amines) is 1. The number of nitrogens with one attached hydrogen (secondary N) is 2. The number of carbonyl (C=O) groups is 3. The smallest absolute Gasteiger partial charge is 0.254 e. The van der Waals surface area contributed by atoms with E-state index in [9.17, 15) is 24.6 Å². The van der Waals surface area contributed by atoms with Crippen molar-refractivity contribution in [2.45, 2.75) is 50.5 Å². The van der Waals surface area contributed by atoms with Crippen LogP contribution in [-0.2, 0) is 22.6 Å². The summed E-state index contributed by atoms with van der Waals surface area (Å²) in [5, 5.41) is 26.9. The molecule has 10 nitrogen and oxygen atoms in total. The third-order valence-electron chi connectivity index (χ3n) is 6.89. The van der Waals surface area contributed by atoms with E-state index in [1.807, 2.05) is 36.4 Å². The van der Waals surface area contributed by atoms with E-state index >= 15 is 0 Å². The van der Waals surface area contributed by atoms with Crippen molar-refractivity contribution in [3.63, 3.8) is 0 Å². The average Bonchev–Trinajstić information content (AvgIpc) is 3.34. The number of phenolic OH excluding ortho intramolecular Hbond substituents is 1. The molecule has 1 aliphatic rings. The van der Waals surface area contributed by atoms with Gasteiger partial charge < -0.3 is 31.5 Å². The van der Waals surface area contributed by atoms with Gasteiger partial charge in [0, 0.05) is 29.9 Å². The van der Waals surface area contributed by atoms with Crippen LogP contribution in [0.15, 0.2) is 72.9 Å². The Morgan fingerprint density at radius 1 is 1.08 bits per heavy atom. The Morgan fingerprint density at radius 2 is 1.82 bits per heavy atom. The fourth-order valence-corrected chi connectivity index (χ4v) is 4.73. The molecule has 4 atom stereocenters. The molecule has 0 bridgehead atoms. The predicted octanol–water partition coefficient (Wildman–Crippen LogP) is 1.04. The number of nitrogens with zero attached hydrogens (tertiary/aromatic N) is 2. The summed E-state index contributed by atoms with van der Waals surface area (Å²) in [5.74, 6) is -1.67. The van der Waals surface area contributed by atoms with Gasteiger partial charge in [0.15, 0.2) is 6.10 Å². The van der Waals surface area contributed by atoms with Gasteiger partial charge in [-0.1, -0.05) is 42.5 Å². The molecule has 1 aliphatic heterocycles. The highest BCUT2D eigenvalue weighted by molar-refractivity contribution is 5.97. The van der Waals surface area contributed by atoms with Gasteiger partial charge in [-0.2, -0.15) is 0 Å². The molecule has 0 radical (unpaired) electrons. The molecule has 3 aromatic rings. The number of aromatic nitrogens is 1. The van der Waals surface area contributed by atoms with Crippen LogP contribution in [0.5, 0.6) is 5.75 Å². The summed E-state index contributed by atoms with van der Waals surface area (Å²) in [5.41, 5.74) is 8.19. The summed E-state index contributed by atoms with van der Waals surface area (Å²) in [7, 11) is 0. The lowest BCUT2D eigenvalue weighted by atomic mass is 9.98. The minimum absolute atomic E-state index is 0.0375. The number of hydrogen-bond donors (Lipinski definition) is 5. The minimum atomic E-state index is -1.65. The molecule has 39 heavy (non-hydrogen) atoms.